The molecule has 5 nitrogen and oxygen atoms in total. The van der Waals surface area contributed by atoms with Crippen LogP contribution < -0.4 is 10.6 Å². The molecule has 0 bridgehead atoms. The number of benzene rings is 2. The van der Waals surface area contributed by atoms with E-state index in [2.05, 4.69) is 76.2 Å². The molecule has 0 aliphatic carbocycles. The number of rotatable bonds is 5. The molecular formula is C21H25N5. The first-order chi connectivity index (χ1) is 12.7. The first kappa shape index (κ1) is 17.7. The molecule has 1 heterocycles. The molecule has 26 heavy (non-hydrogen) atoms. The van der Waals surface area contributed by atoms with Crippen molar-refractivity contribution >= 4 is 5.96 Å². The van der Waals surface area contributed by atoms with E-state index in [0.717, 1.165) is 11.7 Å². The fourth-order valence-corrected chi connectivity index (χ4v) is 2.84. The van der Waals surface area contributed by atoms with Crippen molar-refractivity contribution in [1.82, 2.24) is 20.4 Å². The normalized spacial score (nSPS) is 11.4. The van der Waals surface area contributed by atoms with Gasteiger partial charge in [0.25, 0.3) is 0 Å². The minimum absolute atomic E-state index is 0.680. The van der Waals surface area contributed by atoms with Crippen molar-refractivity contribution in [3.63, 3.8) is 0 Å². The van der Waals surface area contributed by atoms with Crippen LogP contribution in [0.15, 0.2) is 65.8 Å². The summed E-state index contributed by atoms with van der Waals surface area (Å²) in [7, 11) is 3.71. The highest BCUT2D eigenvalue weighted by Crippen LogP contribution is 2.21. The Morgan fingerprint density at radius 1 is 1.00 bits per heavy atom. The molecule has 3 rings (SSSR count). The molecule has 3 aromatic rings. The van der Waals surface area contributed by atoms with E-state index in [0.29, 0.717) is 13.1 Å². The summed E-state index contributed by atoms with van der Waals surface area (Å²) in [5.74, 6) is 0.771. The maximum Gasteiger partial charge on any atom is 0.191 e. The Hall–Kier alpha value is -3.08. The van der Waals surface area contributed by atoms with E-state index in [1.807, 2.05) is 17.8 Å². The smallest absolute Gasteiger partial charge is 0.191 e. The van der Waals surface area contributed by atoms with Crippen LogP contribution in [0.2, 0.25) is 0 Å². The van der Waals surface area contributed by atoms with Crippen molar-refractivity contribution in [2.24, 2.45) is 12.0 Å². The summed E-state index contributed by atoms with van der Waals surface area (Å²) >= 11 is 0. The van der Waals surface area contributed by atoms with Gasteiger partial charge in [0, 0.05) is 26.8 Å². The molecule has 2 N–H and O–H groups in total. The highest BCUT2D eigenvalue weighted by Gasteiger charge is 2.03. The van der Waals surface area contributed by atoms with Gasteiger partial charge in [-0.05, 0) is 35.7 Å². The summed E-state index contributed by atoms with van der Waals surface area (Å²) < 4.78 is 1.85. The number of nitrogens with one attached hydrogen (secondary N) is 2. The van der Waals surface area contributed by atoms with Crippen LogP contribution in [0.5, 0.6) is 0 Å². The number of aryl methyl sites for hydroxylation is 2. The quantitative estimate of drug-likeness (QED) is 0.550. The fourth-order valence-electron chi connectivity index (χ4n) is 2.84. The van der Waals surface area contributed by atoms with Crippen LogP contribution in [0, 0.1) is 6.92 Å². The summed E-state index contributed by atoms with van der Waals surface area (Å²) in [6.45, 7) is 3.51. The van der Waals surface area contributed by atoms with Crippen LogP contribution in [0.25, 0.3) is 11.1 Å². The first-order valence-electron chi connectivity index (χ1n) is 8.73. The summed E-state index contributed by atoms with van der Waals surface area (Å²) in [5, 5.41) is 10.9. The van der Waals surface area contributed by atoms with Gasteiger partial charge < -0.3 is 10.6 Å². The van der Waals surface area contributed by atoms with Crippen molar-refractivity contribution in [2.45, 2.75) is 20.0 Å². The van der Waals surface area contributed by atoms with Gasteiger partial charge in [0.1, 0.15) is 0 Å². The van der Waals surface area contributed by atoms with Gasteiger partial charge in [0.05, 0.1) is 12.2 Å². The third-order valence-corrected chi connectivity index (χ3v) is 4.32. The maximum absolute atomic E-state index is 4.29. The lowest BCUT2D eigenvalue weighted by molar-refractivity contribution is 0.684. The summed E-state index contributed by atoms with van der Waals surface area (Å²) in [6.07, 6.45) is 1.80. The molecule has 134 valence electrons. The van der Waals surface area contributed by atoms with E-state index in [-0.39, 0.29) is 0 Å². The maximum atomic E-state index is 4.29. The summed E-state index contributed by atoms with van der Waals surface area (Å²) in [6, 6.07) is 19.2. The number of hydrogen-bond acceptors (Lipinski definition) is 2. The van der Waals surface area contributed by atoms with Gasteiger partial charge >= 0.3 is 0 Å². The fraction of sp³-hybridized carbons (Fsp3) is 0.238. The number of aromatic nitrogens is 2. The van der Waals surface area contributed by atoms with E-state index >= 15 is 0 Å². The van der Waals surface area contributed by atoms with Crippen molar-refractivity contribution < 1.29 is 0 Å². The Bertz CT molecular complexity index is 895. The molecule has 0 amide bonds. The average molecular weight is 347 g/mol. The van der Waals surface area contributed by atoms with Crippen LogP contribution in [0.3, 0.4) is 0 Å². The van der Waals surface area contributed by atoms with E-state index in [1.165, 1.54) is 22.3 Å². The number of guanidine groups is 1. The third kappa shape index (κ3) is 4.51. The van der Waals surface area contributed by atoms with E-state index in [1.54, 1.807) is 13.2 Å². The molecule has 0 saturated heterocycles. The molecule has 0 spiro atoms. The molecule has 0 unspecified atom stereocenters. The predicted molar refractivity (Wildman–Crippen MR) is 107 cm³/mol. The molecule has 0 aliphatic rings. The van der Waals surface area contributed by atoms with Gasteiger partial charge in [-0.2, -0.15) is 5.10 Å². The van der Waals surface area contributed by atoms with Crippen molar-refractivity contribution in [3.8, 4) is 11.1 Å². The first-order valence-corrected chi connectivity index (χ1v) is 8.73. The Balaban J connectivity index is 1.61. The molecule has 1 aromatic heterocycles. The highest BCUT2D eigenvalue weighted by atomic mass is 15.3. The zero-order valence-corrected chi connectivity index (χ0v) is 15.5. The summed E-state index contributed by atoms with van der Waals surface area (Å²) in [5.41, 5.74) is 6.06. The van der Waals surface area contributed by atoms with Crippen molar-refractivity contribution in [3.05, 3.63) is 77.6 Å². The second kappa shape index (κ2) is 8.34. The molecule has 0 saturated carbocycles. The van der Waals surface area contributed by atoms with Crippen LogP contribution in [0.1, 0.15) is 16.8 Å². The van der Waals surface area contributed by atoms with Gasteiger partial charge in [-0.3, -0.25) is 9.67 Å². The van der Waals surface area contributed by atoms with Gasteiger partial charge in [-0.15, -0.1) is 0 Å². The van der Waals surface area contributed by atoms with Gasteiger partial charge in [0.2, 0.25) is 0 Å². The van der Waals surface area contributed by atoms with E-state index in [4.69, 9.17) is 0 Å². The third-order valence-electron chi connectivity index (χ3n) is 4.32. The summed E-state index contributed by atoms with van der Waals surface area (Å²) in [4.78, 5) is 4.29. The van der Waals surface area contributed by atoms with Crippen LogP contribution in [-0.2, 0) is 20.1 Å². The van der Waals surface area contributed by atoms with Crippen LogP contribution in [-0.4, -0.2) is 22.8 Å². The lowest BCUT2D eigenvalue weighted by Gasteiger charge is -2.13. The second-order valence-electron chi connectivity index (χ2n) is 6.30. The zero-order valence-electron chi connectivity index (χ0n) is 15.5. The molecular weight excluding hydrogens is 322 g/mol. The van der Waals surface area contributed by atoms with Crippen LogP contribution >= 0.6 is 0 Å². The number of nitrogens with zero attached hydrogens (tertiary/aromatic N) is 3. The molecule has 0 radical (unpaired) electrons. The average Bonchev–Trinajstić information content (AvgIpc) is 3.07. The lowest BCUT2D eigenvalue weighted by atomic mass is 10.0. The SMILES string of the molecule is CN=C(NCc1cccc(-c2cccc(C)c2)c1)NCc1ccnn1C. The molecule has 5 heteroatoms. The molecule has 0 atom stereocenters. The standard InChI is InChI=1S/C21H25N5/c1-16-6-4-8-18(12-16)19-9-5-7-17(13-19)14-23-21(22-2)24-15-20-10-11-25-26(20)3/h4-13H,14-15H2,1-3H3,(H2,22,23,24). The van der Waals surface area contributed by atoms with E-state index in [9.17, 15) is 0 Å². The van der Waals surface area contributed by atoms with Crippen LogP contribution in [0.4, 0.5) is 0 Å². The van der Waals surface area contributed by atoms with Gasteiger partial charge in [-0.1, -0.05) is 48.0 Å². The lowest BCUT2D eigenvalue weighted by Crippen LogP contribution is -2.36. The van der Waals surface area contributed by atoms with Crippen molar-refractivity contribution in [1.29, 1.82) is 0 Å². The Labute approximate surface area is 154 Å². The molecule has 0 fully saturated rings. The molecule has 0 aliphatic heterocycles. The highest BCUT2D eigenvalue weighted by molar-refractivity contribution is 5.79. The number of aliphatic imine (C=N–C) groups is 1. The minimum Gasteiger partial charge on any atom is -0.352 e. The Morgan fingerprint density at radius 2 is 1.73 bits per heavy atom. The Kier molecular flexibility index (Phi) is 5.69. The largest absolute Gasteiger partial charge is 0.352 e. The van der Waals surface area contributed by atoms with E-state index < -0.39 is 0 Å². The topological polar surface area (TPSA) is 54.2 Å². The minimum atomic E-state index is 0.680. The number of hydrogen-bond donors (Lipinski definition) is 2. The second-order valence-corrected chi connectivity index (χ2v) is 6.30. The Morgan fingerprint density at radius 3 is 2.42 bits per heavy atom. The zero-order chi connectivity index (χ0) is 18.4. The monoisotopic (exact) mass is 347 g/mol. The van der Waals surface area contributed by atoms with Gasteiger partial charge in [-0.25, -0.2) is 0 Å². The van der Waals surface area contributed by atoms with Crippen molar-refractivity contribution in [2.75, 3.05) is 7.05 Å². The molecule has 2 aromatic carbocycles. The predicted octanol–water partition coefficient (Wildman–Crippen LogP) is 3.26. The van der Waals surface area contributed by atoms with Gasteiger partial charge in [0.15, 0.2) is 5.96 Å².